The number of fused-ring (bicyclic) bond motifs is 1. The predicted octanol–water partition coefficient (Wildman–Crippen LogP) is 7.77. The Kier molecular flexibility index (Phi) is 11.3. The quantitative estimate of drug-likeness (QED) is 0.124. The number of nitriles is 1. The summed E-state index contributed by atoms with van der Waals surface area (Å²) in [4.78, 5) is 37.0. The second kappa shape index (κ2) is 14.2. The summed E-state index contributed by atoms with van der Waals surface area (Å²) in [6.07, 6.45) is 1.95. The number of H-pyrrole nitrogens is 1. The molecule has 4 rings (SSSR count). The molecule has 0 aliphatic heterocycles. The van der Waals surface area contributed by atoms with Gasteiger partial charge in [-0.1, -0.05) is 52.6 Å². The Balaban J connectivity index is 0.000000261. The van der Waals surface area contributed by atoms with Gasteiger partial charge in [0, 0.05) is 25.1 Å². The van der Waals surface area contributed by atoms with Crippen LogP contribution in [0.1, 0.15) is 17.3 Å². The first-order valence-corrected chi connectivity index (χ1v) is 12.6. The monoisotopic (exact) mass is 611 g/mol. The number of nitrogens with one attached hydrogen (secondary N) is 1. The summed E-state index contributed by atoms with van der Waals surface area (Å²) in [6, 6.07) is 12.7. The molecule has 12 nitrogen and oxygen atoms in total. The van der Waals surface area contributed by atoms with E-state index in [9.17, 15) is 25.0 Å². The molecule has 0 amide bonds. The molecule has 4 aromatic rings. The van der Waals surface area contributed by atoms with E-state index in [0.29, 0.717) is 32.6 Å². The highest BCUT2D eigenvalue weighted by Crippen LogP contribution is 2.38. The number of hydrogen-bond donors (Lipinski definition) is 2. The van der Waals surface area contributed by atoms with Gasteiger partial charge in [0.25, 0.3) is 11.4 Å². The molecular weight excluding hydrogens is 597 g/mol. The summed E-state index contributed by atoms with van der Waals surface area (Å²) in [6.45, 7) is 1.43. The highest BCUT2D eigenvalue weighted by molar-refractivity contribution is 7.98. The average Bonchev–Trinajstić information content (AvgIpc) is 3.29. The summed E-state index contributed by atoms with van der Waals surface area (Å²) in [5.41, 5.74) is -0.107. The summed E-state index contributed by atoms with van der Waals surface area (Å²) in [5, 5.41) is 38.6. The van der Waals surface area contributed by atoms with Gasteiger partial charge < -0.3 is 14.8 Å². The Morgan fingerprint density at radius 3 is 2.15 bits per heavy atom. The van der Waals surface area contributed by atoms with E-state index in [1.807, 2.05) is 6.26 Å². The van der Waals surface area contributed by atoms with Crippen LogP contribution in [0, 0.1) is 31.6 Å². The first kappa shape index (κ1) is 31.1. The van der Waals surface area contributed by atoms with Gasteiger partial charge in [0.15, 0.2) is 5.16 Å². The van der Waals surface area contributed by atoms with Gasteiger partial charge in [0.2, 0.25) is 0 Å². The predicted molar refractivity (Wildman–Crippen MR) is 147 cm³/mol. The van der Waals surface area contributed by atoms with Crippen LogP contribution in [0.3, 0.4) is 0 Å². The second-order valence-electron chi connectivity index (χ2n) is 6.98. The molecule has 16 heteroatoms. The fourth-order valence-electron chi connectivity index (χ4n) is 2.77. The van der Waals surface area contributed by atoms with E-state index >= 15 is 0 Å². The molecule has 1 heterocycles. The van der Waals surface area contributed by atoms with Crippen LogP contribution in [0.15, 0.2) is 53.7 Å². The summed E-state index contributed by atoms with van der Waals surface area (Å²) in [5.74, 6) is -0.527. The number of carboxylic acids is 1. The first-order chi connectivity index (χ1) is 18.4. The van der Waals surface area contributed by atoms with Crippen LogP contribution in [0.2, 0.25) is 15.1 Å². The molecule has 0 spiro atoms. The number of carbonyl (C=O) groups is 1. The topological polar surface area (TPSA) is 185 Å². The molecule has 0 radical (unpaired) electrons. The number of rotatable bonds is 6. The number of aromatic nitrogens is 2. The number of carboxylic acid groups (broad SMARTS) is 1. The highest BCUT2D eigenvalue weighted by atomic mass is 35.5. The minimum absolute atomic E-state index is 0.349. The number of imidazole rings is 1. The normalized spacial score (nSPS) is 9.85. The minimum atomic E-state index is -1.46. The van der Waals surface area contributed by atoms with Crippen LogP contribution in [0.5, 0.6) is 11.5 Å². The Morgan fingerprint density at radius 1 is 1.05 bits per heavy atom. The lowest BCUT2D eigenvalue weighted by atomic mass is 10.2. The molecule has 2 N–H and O–H groups in total. The van der Waals surface area contributed by atoms with Crippen LogP contribution in [0.4, 0.5) is 11.4 Å². The maximum atomic E-state index is 10.5. The molecule has 0 bridgehead atoms. The molecule has 0 aliphatic carbocycles. The van der Waals surface area contributed by atoms with E-state index < -0.39 is 32.8 Å². The van der Waals surface area contributed by atoms with Gasteiger partial charge in [0.05, 0.1) is 48.6 Å². The zero-order valence-corrected chi connectivity index (χ0v) is 22.9. The van der Waals surface area contributed by atoms with Gasteiger partial charge in [-0.3, -0.25) is 20.2 Å². The van der Waals surface area contributed by atoms with Crippen molar-refractivity contribution in [3.05, 3.63) is 89.4 Å². The van der Waals surface area contributed by atoms with Crippen LogP contribution >= 0.6 is 46.6 Å². The van der Waals surface area contributed by atoms with E-state index in [1.54, 1.807) is 36.4 Å². The van der Waals surface area contributed by atoms with Gasteiger partial charge in [-0.25, -0.2) is 9.78 Å². The number of hydrogen-bond acceptors (Lipinski definition) is 9. The van der Waals surface area contributed by atoms with Crippen LogP contribution < -0.4 is 4.74 Å². The number of halogens is 3. The number of benzene rings is 3. The van der Waals surface area contributed by atoms with Crippen molar-refractivity contribution in [2.45, 2.75) is 12.1 Å². The fraction of sp³-hybridized carbons (Fsp3) is 0.0870. The standard InChI is InChI=1S/C14H9Cl3N2OS.C7H4N2O6.C2H3N/c1-21-14-18-9-5-8(16)12(6-10(9)19-14)20-11-4-2-3-7(15)13(11)17;10-7(11)4-1-5(8(12)13)3-6(2-4)9(14)15;1-2-3/h2-6H,1H3,(H,18,19);1-3H,(H,10,11);1H3. The molecule has 3 aromatic carbocycles. The minimum Gasteiger partial charge on any atom is -0.478 e. The summed E-state index contributed by atoms with van der Waals surface area (Å²) in [7, 11) is 0. The van der Waals surface area contributed by atoms with Crippen LogP contribution in [0.25, 0.3) is 11.0 Å². The van der Waals surface area contributed by atoms with E-state index in [0.717, 1.165) is 28.3 Å². The lowest BCUT2D eigenvalue weighted by Crippen LogP contribution is -2.00. The zero-order valence-electron chi connectivity index (χ0n) is 19.8. The number of nitrogens with zero attached hydrogens (tertiary/aromatic N) is 4. The summed E-state index contributed by atoms with van der Waals surface area (Å²) >= 11 is 19.9. The SMILES string of the molecule is CC#N.CSc1nc2cc(Oc3cccc(Cl)c3Cl)c(Cl)cc2[nH]1.O=C(O)c1cc([N+](=O)[O-])cc([N+](=O)[O-])c1. The van der Waals surface area contributed by atoms with Crippen molar-refractivity contribution in [2.24, 2.45) is 0 Å². The molecule has 0 aliphatic rings. The molecule has 202 valence electrons. The van der Waals surface area contributed by atoms with Gasteiger partial charge in [-0.2, -0.15) is 5.26 Å². The zero-order chi connectivity index (χ0) is 29.3. The van der Waals surface area contributed by atoms with Crippen molar-refractivity contribution in [3.8, 4) is 17.6 Å². The maximum Gasteiger partial charge on any atom is 0.336 e. The highest BCUT2D eigenvalue weighted by Gasteiger charge is 2.19. The fourth-order valence-corrected chi connectivity index (χ4v) is 3.71. The Morgan fingerprint density at radius 2 is 1.64 bits per heavy atom. The number of ether oxygens (including phenoxy) is 1. The lowest BCUT2D eigenvalue weighted by Gasteiger charge is -2.09. The smallest absolute Gasteiger partial charge is 0.336 e. The lowest BCUT2D eigenvalue weighted by molar-refractivity contribution is -0.394. The number of non-ortho nitro benzene ring substituents is 2. The molecular formula is C23H16Cl3N5O7S. The van der Waals surface area contributed by atoms with E-state index in [1.165, 1.54) is 18.7 Å². The third-order valence-electron chi connectivity index (χ3n) is 4.41. The van der Waals surface area contributed by atoms with Crippen molar-refractivity contribution in [2.75, 3.05) is 6.26 Å². The number of nitro groups is 2. The summed E-state index contributed by atoms with van der Waals surface area (Å²) < 4.78 is 5.76. The van der Waals surface area contributed by atoms with Crippen LogP contribution in [-0.2, 0) is 0 Å². The van der Waals surface area contributed by atoms with Crippen molar-refractivity contribution in [1.82, 2.24) is 9.97 Å². The second-order valence-corrected chi connectivity index (χ2v) is 8.97. The Hall–Kier alpha value is -4.09. The van der Waals surface area contributed by atoms with Gasteiger partial charge in [0.1, 0.15) is 16.5 Å². The molecule has 0 unspecified atom stereocenters. The molecule has 0 fully saturated rings. The molecule has 1 aromatic heterocycles. The molecule has 0 saturated carbocycles. The Bertz CT molecular complexity index is 1510. The maximum absolute atomic E-state index is 10.5. The third kappa shape index (κ3) is 8.45. The molecule has 39 heavy (non-hydrogen) atoms. The van der Waals surface area contributed by atoms with Crippen molar-refractivity contribution >= 4 is 74.9 Å². The van der Waals surface area contributed by atoms with Gasteiger partial charge in [-0.05, 0) is 24.5 Å². The van der Waals surface area contributed by atoms with Crippen molar-refractivity contribution in [3.63, 3.8) is 0 Å². The van der Waals surface area contributed by atoms with E-state index in [4.69, 9.17) is 49.9 Å². The van der Waals surface area contributed by atoms with E-state index in [-0.39, 0.29) is 0 Å². The molecule has 0 saturated heterocycles. The molecule has 0 atom stereocenters. The van der Waals surface area contributed by atoms with E-state index in [2.05, 4.69) is 9.97 Å². The van der Waals surface area contributed by atoms with Gasteiger partial charge >= 0.3 is 5.97 Å². The van der Waals surface area contributed by atoms with Crippen molar-refractivity contribution < 1.29 is 24.5 Å². The Labute approximate surface area is 239 Å². The first-order valence-electron chi connectivity index (χ1n) is 10.2. The number of thioether (sulfide) groups is 1. The number of aromatic carboxylic acids is 1. The van der Waals surface area contributed by atoms with Crippen LogP contribution in [-0.4, -0.2) is 37.1 Å². The van der Waals surface area contributed by atoms with Gasteiger partial charge in [-0.15, -0.1) is 0 Å². The van der Waals surface area contributed by atoms with Crippen molar-refractivity contribution in [1.29, 1.82) is 5.26 Å². The average molecular weight is 613 g/mol. The number of aromatic amines is 1. The number of nitro benzene ring substituents is 2. The largest absolute Gasteiger partial charge is 0.478 e. The third-order valence-corrected chi connectivity index (χ3v) is 6.09.